The minimum absolute atomic E-state index is 0.402. The Morgan fingerprint density at radius 2 is 2.29 bits per heavy atom. The number of rotatable bonds is 4. The predicted molar refractivity (Wildman–Crippen MR) is 63.9 cm³/mol. The molecule has 1 N–H and O–H groups in total. The van der Waals surface area contributed by atoms with Crippen LogP contribution < -0.4 is 0 Å². The van der Waals surface area contributed by atoms with Gasteiger partial charge in [0.1, 0.15) is 0 Å². The lowest BCUT2D eigenvalue weighted by atomic mass is 10.1. The van der Waals surface area contributed by atoms with Gasteiger partial charge in [0.25, 0.3) is 0 Å². The third-order valence-electron chi connectivity index (χ3n) is 2.23. The van der Waals surface area contributed by atoms with Crippen LogP contribution >= 0.6 is 11.6 Å². The molecule has 0 bridgehead atoms. The van der Waals surface area contributed by atoms with E-state index in [1.807, 2.05) is 24.3 Å². The van der Waals surface area contributed by atoms with Crippen molar-refractivity contribution in [2.24, 2.45) is 0 Å². The molecular weight excluding hydrogens is 240 g/mol. The lowest BCUT2D eigenvalue weighted by Crippen LogP contribution is -2.05. The van der Waals surface area contributed by atoms with Gasteiger partial charge >= 0.3 is 0 Å². The van der Waals surface area contributed by atoms with Crippen molar-refractivity contribution >= 4 is 11.6 Å². The topological polar surface area (TPSA) is 59.2 Å². The first kappa shape index (κ1) is 12.1. The second-order valence-electron chi connectivity index (χ2n) is 3.96. The third-order valence-corrected chi connectivity index (χ3v) is 2.47. The van der Waals surface area contributed by atoms with Crippen LogP contribution in [0.3, 0.4) is 0 Å². The zero-order valence-corrected chi connectivity index (χ0v) is 10.2. The Bertz CT molecular complexity index is 497. The Balaban J connectivity index is 2.06. The van der Waals surface area contributed by atoms with Crippen LogP contribution in [-0.2, 0) is 12.8 Å². The van der Waals surface area contributed by atoms with Crippen LogP contribution in [0.4, 0.5) is 0 Å². The van der Waals surface area contributed by atoms with Gasteiger partial charge in [-0.1, -0.05) is 28.9 Å². The number of hydrogen-bond donors (Lipinski definition) is 1. The van der Waals surface area contributed by atoms with Gasteiger partial charge in [-0.15, -0.1) is 0 Å². The molecule has 0 saturated carbocycles. The second-order valence-corrected chi connectivity index (χ2v) is 4.40. The van der Waals surface area contributed by atoms with Crippen LogP contribution in [0, 0.1) is 0 Å². The van der Waals surface area contributed by atoms with Gasteiger partial charge in [-0.05, 0) is 24.6 Å². The lowest BCUT2D eigenvalue weighted by molar-refractivity contribution is 0.191. The fourth-order valence-electron chi connectivity index (χ4n) is 1.53. The normalized spacial score (nSPS) is 12.6. The van der Waals surface area contributed by atoms with E-state index >= 15 is 0 Å². The van der Waals surface area contributed by atoms with Crippen molar-refractivity contribution in [2.45, 2.75) is 25.9 Å². The number of halogens is 1. The highest BCUT2D eigenvalue weighted by Crippen LogP contribution is 2.14. The zero-order valence-electron chi connectivity index (χ0n) is 9.43. The van der Waals surface area contributed by atoms with Crippen LogP contribution in [0.1, 0.15) is 24.2 Å². The highest BCUT2D eigenvalue weighted by atomic mass is 35.5. The van der Waals surface area contributed by atoms with Gasteiger partial charge < -0.3 is 9.63 Å². The van der Waals surface area contributed by atoms with Gasteiger partial charge in [0.05, 0.1) is 12.5 Å². The van der Waals surface area contributed by atoms with E-state index in [9.17, 15) is 5.11 Å². The summed E-state index contributed by atoms with van der Waals surface area (Å²) in [6.07, 6.45) is 0.485. The fraction of sp³-hybridized carbons (Fsp3) is 0.333. The molecule has 0 radical (unpaired) electrons. The molecule has 1 unspecified atom stereocenters. The Morgan fingerprint density at radius 3 is 3.00 bits per heavy atom. The molecule has 2 aromatic rings. The molecule has 1 heterocycles. The Labute approximate surface area is 104 Å². The van der Waals surface area contributed by atoms with Crippen LogP contribution in [0.5, 0.6) is 0 Å². The van der Waals surface area contributed by atoms with Crippen LogP contribution in [0.25, 0.3) is 0 Å². The van der Waals surface area contributed by atoms with Gasteiger partial charge in [-0.3, -0.25) is 0 Å². The summed E-state index contributed by atoms with van der Waals surface area (Å²) in [5, 5.41) is 13.7. The van der Waals surface area contributed by atoms with E-state index in [0.717, 1.165) is 5.56 Å². The van der Waals surface area contributed by atoms with Crippen molar-refractivity contribution in [3.8, 4) is 0 Å². The molecule has 0 fully saturated rings. The lowest BCUT2D eigenvalue weighted by Gasteiger charge is -1.97. The van der Waals surface area contributed by atoms with E-state index < -0.39 is 6.10 Å². The molecule has 1 aromatic heterocycles. The minimum atomic E-state index is -0.466. The maximum absolute atomic E-state index is 9.20. The maximum Gasteiger partial charge on any atom is 0.231 e. The Hall–Kier alpha value is -1.39. The van der Waals surface area contributed by atoms with E-state index in [2.05, 4.69) is 10.1 Å². The summed E-state index contributed by atoms with van der Waals surface area (Å²) in [6, 6.07) is 7.51. The summed E-state index contributed by atoms with van der Waals surface area (Å²) in [4.78, 5) is 4.19. The first-order chi connectivity index (χ1) is 8.13. The van der Waals surface area contributed by atoms with Gasteiger partial charge in [0.2, 0.25) is 5.89 Å². The molecule has 0 saturated heterocycles. The summed E-state index contributed by atoms with van der Waals surface area (Å²) in [5.41, 5.74) is 1.02. The van der Waals surface area contributed by atoms with Crippen molar-refractivity contribution in [1.82, 2.24) is 10.1 Å². The molecule has 0 spiro atoms. The number of benzene rings is 1. The van der Waals surface area contributed by atoms with Crippen molar-refractivity contribution < 1.29 is 9.63 Å². The quantitative estimate of drug-likeness (QED) is 0.907. The number of aromatic nitrogens is 2. The average molecular weight is 253 g/mol. The van der Waals surface area contributed by atoms with Crippen LogP contribution in [0.15, 0.2) is 28.8 Å². The third kappa shape index (κ3) is 3.54. The van der Waals surface area contributed by atoms with Gasteiger partial charge in [-0.2, -0.15) is 4.98 Å². The summed E-state index contributed by atoms with van der Waals surface area (Å²) >= 11 is 5.89. The SMILES string of the molecule is CC(O)Cc1noc(Cc2cccc(Cl)c2)n1. The van der Waals surface area contributed by atoms with Crippen molar-refractivity contribution in [2.75, 3.05) is 0 Å². The highest BCUT2D eigenvalue weighted by Gasteiger charge is 2.09. The van der Waals surface area contributed by atoms with E-state index in [4.69, 9.17) is 16.1 Å². The van der Waals surface area contributed by atoms with Crippen molar-refractivity contribution in [1.29, 1.82) is 0 Å². The first-order valence-electron chi connectivity index (χ1n) is 5.37. The van der Waals surface area contributed by atoms with E-state index in [-0.39, 0.29) is 0 Å². The van der Waals surface area contributed by atoms with Crippen molar-refractivity contribution in [3.05, 3.63) is 46.6 Å². The first-order valence-corrected chi connectivity index (χ1v) is 5.75. The summed E-state index contributed by atoms with van der Waals surface area (Å²) in [5.74, 6) is 1.06. The van der Waals surface area contributed by atoms with Crippen molar-refractivity contribution in [3.63, 3.8) is 0 Å². The number of aliphatic hydroxyl groups excluding tert-OH is 1. The number of aliphatic hydroxyl groups is 1. The smallest absolute Gasteiger partial charge is 0.231 e. The minimum Gasteiger partial charge on any atom is -0.393 e. The summed E-state index contributed by atoms with van der Waals surface area (Å²) < 4.78 is 5.09. The molecule has 0 aliphatic heterocycles. The molecule has 90 valence electrons. The van der Waals surface area contributed by atoms with Gasteiger partial charge in [0, 0.05) is 11.4 Å². The molecule has 0 aliphatic carbocycles. The van der Waals surface area contributed by atoms with E-state index in [0.29, 0.717) is 29.6 Å². The van der Waals surface area contributed by atoms with E-state index in [1.54, 1.807) is 6.92 Å². The molecule has 2 rings (SSSR count). The molecule has 0 aliphatic rings. The maximum atomic E-state index is 9.20. The largest absolute Gasteiger partial charge is 0.393 e. The average Bonchev–Trinajstić information content (AvgIpc) is 2.64. The number of nitrogens with zero attached hydrogens (tertiary/aromatic N) is 2. The molecule has 17 heavy (non-hydrogen) atoms. The van der Waals surface area contributed by atoms with Crippen LogP contribution in [0.2, 0.25) is 5.02 Å². The molecule has 1 atom stereocenters. The van der Waals surface area contributed by atoms with Crippen LogP contribution in [-0.4, -0.2) is 21.4 Å². The zero-order chi connectivity index (χ0) is 12.3. The Kier molecular flexibility index (Phi) is 3.76. The fourth-order valence-corrected chi connectivity index (χ4v) is 1.74. The molecular formula is C12H13ClN2O2. The second kappa shape index (κ2) is 5.29. The van der Waals surface area contributed by atoms with Gasteiger partial charge in [0.15, 0.2) is 5.82 Å². The predicted octanol–water partition coefficient (Wildman–Crippen LogP) is 2.24. The molecule has 5 heteroatoms. The standard InChI is InChI=1S/C12H13ClN2O2/c1-8(16)5-11-14-12(17-15-11)7-9-3-2-4-10(13)6-9/h2-4,6,8,16H,5,7H2,1H3. The molecule has 0 amide bonds. The molecule has 1 aromatic carbocycles. The van der Waals surface area contributed by atoms with E-state index in [1.165, 1.54) is 0 Å². The van der Waals surface area contributed by atoms with Gasteiger partial charge in [-0.25, -0.2) is 0 Å². The Morgan fingerprint density at radius 1 is 1.47 bits per heavy atom. The number of hydrogen-bond acceptors (Lipinski definition) is 4. The molecule has 4 nitrogen and oxygen atoms in total. The summed E-state index contributed by atoms with van der Waals surface area (Å²) in [6.45, 7) is 1.69. The summed E-state index contributed by atoms with van der Waals surface area (Å²) in [7, 11) is 0. The highest BCUT2D eigenvalue weighted by molar-refractivity contribution is 6.30. The monoisotopic (exact) mass is 252 g/mol.